The summed E-state index contributed by atoms with van der Waals surface area (Å²) in [5.74, 6) is -5.22. The molecule has 5 rings (SSSR count). The predicted octanol–water partition coefficient (Wildman–Crippen LogP) is 5.87. The summed E-state index contributed by atoms with van der Waals surface area (Å²) in [6.07, 6.45) is -2.84. The second kappa shape index (κ2) is 7.86. The average molecular weight is 485 g/mol. The van der Waals surface area contributed by atoms with Gasteiger partial charge in [0.25, 0.3) is 5.92 Å². The van der Waals surface area contributed by atoms with E-state index in [2.05, 4.69) is 10.2 Å². The fraction of sp³-hybridized carbons (Fsp3) is 0.478. The Balaban J connectivity index is 1.39. The number of rotatable bonds is 5. The van der Waals surface area contributed by atoms with Crippen molar-refractivity contribution in [3.63, 3.8) is 0 Å². The van der Waals surface area contributed by atoms with E-state index < -0.39 is 53.1 Å². The van der Waals surface area contributed by atoms with Crippen molar-refractivity contribution in [1.82, 2.24) is 14.6 Å². The molecule has 2 saturated carbocycles. The molecule has 11 heteroatoms. The third-order valence-electron chi connectivity index (χ3n) is 6.78. The van der Waals surface area contributed by atoms with E-state index in [1.807, 2.05) is 0 Å². The number of hydrogen-bond acceptors (Lipinski definition) is 4. The molecule has 2 fully saturated rings. The molecule has 34 heavy (non-hydrogen) atoms. The lowest BCUT2D eigenvalue weighted by Gasteiger charge is -2.39. The van der Waals surface area contributed by atoms with E-state index in [9.17, 15) is 26.3 Å². The first-order valence-electron chi connectivity index (χ1n) is 10.8. The Morgan fingerprint density at radius 1 is 1.03 bits per heavy atom. The number of alkyl halides is 5. The topological polar surface area (TPSA) is 48.7 Å². The molecule has 0 radical (unpaired) electrons. The van der Waals surface area contributed by atoms with Crippen LogP contribution in [0.1, 0.15) is 55.0 Å². The van der Waals surface area contributed by atoms with Crippen molar-refractivity contribution in [3.05, 3.63) is 59.3 Å². The summed E-state index contributed by atoms with van der Waals surface area (Å²) in [5.41, 5.74) is -1.59. The van der Waals surface area contributed by atoms with Gasteiger partial charge in [-0.25, -0.2) is 13.2 Å². The minimum absolute atomic E-state index is 0.195. The van der Waals surface area contributed by atoms with Crippen LogP contribution in [0.25, 0.3) is 5.65 Å². The van der Waals surface area contributed by atoms with Crippen molar-refractivity contribution in [1.29, 1.82) is 0 Å². The Morgan fingerprint density at radius 3 is 2.24 bits per heavy atom. The molecule has 0 aliphatic heterocycles. The lowest BCUT2D eigenvalue weighted by Crippen LogP contribution is -2.37. The molecule has 0 saturated heterocycles. The van der Waals surface area contributed by atoms with Crippen LogP contribution >= 0.6 is 0 Å². The highest BCUT2D eigenvalue weighted by Crippen LogP contribution is 2.55. The molecule has 3 aromatic rings. The van der Waals surface area contributed by atoms with Crippen molar-refractivity contribution in [2.75, 3.05) is 7.11 Å². The van der Waals surface area contributed by atoms with Crippen LogP contribution in [0.15, 0.2) is 36.5 Å². The molecule has 0 spiro atoms. The summed E-state index contributed by atoms with van der Waals surface area (Å²) in [4.78, 5) is 0. The van der Waals surface area contributed by atoms with Crippen LogP contribution in [0.5, 0.6) is 5.75 Å². The smallest absolute Gasteiger partial charge is 0.423 e. The van der Waals surface area contributed by atoms with Gasteiger partial charge in [-0.3, -0.25) is 4.40 Å². The molecule has 0 unspecified atom stereocenters. The van der Waals surface area contributed by atoms with Gasteiger partial charge in [-0.2, -0.15) is 13.2 Å². The molecule has 0 amide bonds. The van der Waals surface area contributed by atoms with Crippen LogP contribution in [0.3, 0.4) is 0 Å². The van der Waals surface area contributed by atoms with Crippen LogP contribution in [0.2, 0.25) is 0 Å². The van der Waals surface area contributed by atoms with E-state index >= 15 is 0 Å². The van der Waals surface area contributed by atoms with Gasteiger partial charge >= 0.3 is 6.18 Å². The molecule has 182 valence electrons. The van der Waals surface area contributed by atoms with E-state index in [4.69, 9.17) is 9.47 Å². The summed E-state index contributed by atoms with van der Waals surface area (Å²) >= 11 is 0. The molecule has 0 bridgehead atoms. The van der Waals surface area contributed by atoms with Crippen molar-refractivity contribution in [2.45, 2.75) is 61.8 Å². The number of halogens is 6. The Kier molecular flexibility index (Phi) is 5.30. The van der Waals surface area contributed by atoms with E-state index in [0.717, 1.165) is 16.0 Å². The lowest BCUT2D eigenvalue weighted by molar-refractivity contribution is -0.138. The fourth-order valence-electron chi connectivity index (χ4n) is 4.77. The second-order valence-electron chi connectivity index (χ2n) is 8.84. The number of hydrogen-bond donors (Lipinski definition) is 0. The molecular weight excluding hydrogens is 464 g/mol. The predicted molar refractivity (Wildman–Crippen MR) is 108 cm³/mol. The zero-order valence-corrected chi connectivity index (χ0v) is 18.1. The zero-order valence-electron chi connectivity index (χ0n) is 18.1. The van der Waals surface area contributed by atoms with Crippen LogP contribution in [0.4, 0.5) is 26.3 Å². The molecule has 2 aromatic heterocycles. The molecule has 2 aliphatic carbocycles. The van der Waals surface area contributed by atoms with E-state index in [1.165, 1.54) is 18.3 Å². The SMILES string of the molecule is CO[C@]1(c2ccc(F)cc2)CC[C@@H](Oc2ccn3c([C@@H]4CC4(F)F)nnc3c2C(F)(F)F)CC1. The minimum atomic E-state index is -4.83. The third-order valence-corrected chi connectivity index (χ3v) is 6.78. The molecule has 0 N–H and O–H groups in total. The van der Waals surface area contributed by atoms with Gasteiger partial charge in [-0.1, -0.05) is 12.1 Å². The monoisotopic (exact) mass is 485 g/mol. The Hall–Kier alpha value is -2.82. The van der Waals surface area contributed by atoms with Gasteiger partial charge < -0.3 is 9.47 Å². The summed E-state index contributed by atoms with van der Waals surface area (Å²) in [6, 6.07) is 7.09. The molecule has 1 atom stereocenters. The largest absolute Gasteiger partial charge is 0.490 e. The summed E-state index contributed by atoms with van der Waals surface area (Å²) in [7, 11) is 1.55. The Morgan fingerprint density at radius 2 is 1.68 bits per heavy atom. The number of nitrogens with zero attached hydrogens (tertiary/aromatic N) is 3. The summed E-state index contributed by atoms with van der Waals surface area (Å²) in [5, 5.41) is 7.20. The first-order chi connectivity index (χ1) is 16.0. The minimum Gasteiger partial charge on any atom is -0.490 e. The van der Waals surface area contributed by atoms with Gasteiger partial charge in [-0.15, -0.1) is 10.2 Å². The van der Waals surface area contributed by atoms with Crippen molar-refractivity contribution in [2.24, 2.45) is 0 Å². The van der Waals surface area contributed by atoms with Gasteiger partial charge in [0.15, 0.2) is 5.65 Å². The van der Waals surface area contributed by atoms with Gasteiger partial charge in [0, 0.05) is 19.7 Å². The van der Waals surface area contributed by atoms with Gasteiger partial charge in [0.05, 0.1) is 17.6 Å². The van der Waals surface area contributed by atoms with Gasteiger partial charge in [0.2, 0.25) is 0 Å². The van der Waals surface area contributed by atoms with Crippen molar-refractivity contribution in [3.8, 4) is 5.75 Å². The van der Waals surface area contributed by atoms with Crippen LogP contribution in [-0.2, 0) is 16.5 Å². The standard InChI is InChI=1S/C23H21F6N3O2/c1-33-21(13-2-4-14(24)5-3-13)9-6-15(7-10-21)34-17-8-11-32-19(16-12-22(16,25)26)30-31-20(32)18(17)23(27,28)29/h2-5,8,11,15-16H,6-7,9-10,12H2,1H3/t15-,16-,21-/m0/s1. The van der Waals surface area contributed by atoms with Gasteiger partial charge in [-0.05, 0) is 49.4 Å². The molecule has 2 aliphatic rings. The first-order valence-corrected chi connectivity index (χ1v) is 10.8. The van der Waals surface area contributed by atoms with E-state index in [1.54, 1.807) is 19.2 Å². The first kappa shape index (κ1) is 22.9. The van der Waals surface area contributed by atoms with Crippen LogP contribution in [-0.4, -0.2) is 33.7 Å². The highest BCUT2D eigenvalue weighted by Gasteiger charge is 2.60. The second-order valence-corrected chi connectivity index (χ2v) is 8.84. The number of ether oxygens (including phenoxy) is 2. The molecule has 5 nitrogen and oxygen atoms in total. The molecule has 1 aromatic carbocycles. The number of pyridine rings is 1. The van der Waals surface area contributed by atoms with Crippen LogP contribution < -0.4 is 4.74 Å². The number of benzene rings is 1. The highest BCUT2D eigenvalue weighted by atomic mass is 19.4. The number of methoxy groups -OCH3 is 1. The van der Waals surface area contributed by atoms with Crippen LogP contribution in [0, 0.1) is 5.82 Å². The molecule has 2 heterocycles. The summed E-state index contributed by atoms with van der Waals surface area (Å²) < 4.78 is 94.7. The van der Waals surface area contributed by atoms with Gasteiger partial charge in [0.1, 0.15) is 23.0 Å². The maximum atomic E-state index is 14.0. The normalized spacial score (nSPS) is 26.6. The lowest BCUT2D eigenvalue weighted by atomic mass is 9.78. The maximum Gasteiger partial charge on any atom is 0.423 e. The summed E-state index contributed by atoms with van der Waals surface area (Å²) in [6.45, 7) is 0. The number of aromatic nitrogens is 3. The molecular formula is C23H21F6N3O2. The average Bonchev–Trinajstić information content (AvgIpc) is 3.22. The maximum absolute atomic E-state index is 14.0. The number of fused-ring (bicyclic) bond motifs is 1. The fourth-order valence-corrected chi connectivity index (χ4v) is 4.77. The Labute approximate surface area is 190 Å². The zero-order chi connectivity index (χ0) is 24.3. The third kappa shape index (κ3) is 3.89. The highest BCUT2D eigenvalue weighted by molar-refractivity contribution is 5.57. The quantitative estimate of drug-likeness (QED) is 0.424. The van der Waals surface area contributed by atoms with Crippen molar-refractivity contribution >= 4 is 5.65 Å². The van der Waals surface area contributed by atoms with Crippen molar-refractivity contribution < 1.29 is 35.8 Å². The van der Waals surface area contributed by atoms with E-state index in [-0.39, 0.29) is 11.6 Å². The van der Waals surface area contributed by atoms with E-state index in [0.29, 0.717) is 25.7 Å². The Bertz CT molecular complexity index is 1200.